The SMILES string of the molecule is CCCC(=O)C1(C(=O)O)C(=O)N(c2ccccc2)N=C1C. The van der Waals surface area contributed by atoms with Gasteiger partial charge in [0.05, 0.1) is 11.4 Å². The van der Waals surface area contributed by atoms with Gasteiger partial charge in [-0.3, -0.25) is 14.4 Å². The number of carbonyl (C=O) groups is 3. The molecule has 1 amide bonds. The van der Waals surface area contributed by atoms with Crippen LogP contribution in [0.25, 0.3) is 0 Å². The van der Waals surface area contributed by atoms with Crippen molar-refractivity contribution >= 4 is 29.1 Å². The van der Waals surface area contributed by atoms with Gasteiger partial charge in [-0.15, -0.1) is 0 Å². The van der Waals surface area contributed by atoms with E-state index in [-0.39, 0.29) is 12.1 Å². The molecular formula is C15H16N2O4. The zero-order chi connectivity index (χ0) is 15.6. The van der Waals surface area contributed by atoms with E-state index in [1.165, 1.54) is 6.92 Å². The number of nitrogens with zero attached hydrogens (tertiary/aromatic N) is 2. The van der Waals surface area contributed by atoms with Crippen molar-refractivity contribution in [2.45, 2.75) is 26.7 Å². The predicted molar refractivity (Wildman–Crippen MR) is 77.0 cm³/mol. The highest BCUT2D eigenvalue weighted by Crippen LogP contribution is 2.35. The molecule has 0 aliphatic carbocycles. The maximum Gasteiger partial charge on any atom is 0.333 e. The number of hydrogen-bond acceptors (Lipinski definition) is 4. The number of carboxylic acids is 1. The van der Waals surface area contributed by atoms with Crippen LogP contribution < -0.4 is 5.01 Å². The molecule has 0 bridgehead atoms. The first-order chi connectivity index (χ1) is 9.96. The first-order valence-corrected chi connectivity index (χ1v) is 6.68. The summed E-state index contributed by atoms with van der Waals surface area (Å²) in [4.78, 5) is 36.6. The number of anilines is 1. The summed E-state index contributed by atoms with van der Waals surface area (Å²) >= 11 is 0. The number of carboxylic acid groups (broad SMARTS) is 1. The minimum Gasteiger partial charge on any atom is -0.480 e. The van der Waals surface area contributed by atoms with Gasteiger partial charge in [0, 0.05) is 6.42 Å². The molecule has 1 aromatic carbocycles. The summed E-state index contributed by atoms with van der Waals surface area (Å²) in [7, 11) is 0. The number of hydrazone groups is 1. The topological polar surface area (TPSA) is 87.0 Å². The van der Waals surface area contributed by atoms with Crippen LogP contribution in [-0.2, 0) is 14.4 Å². The number of carbonyl (C=O) groups excluding carboxylic acids is 2. The van der Waals surface area contributed by atoms with E-state index in [1.807, 2.05) is 0 Å². The van der Waals surface area contributed by atoms with Crippen molar-refractivity contribution in [3.05, 3.63) is 30.3 Å². The first kappa shape index (κ1) is 14.9. The van der Waals surface area contributed by atoms with Gasteiger partial charge in [0.2, 0.25) is 5.41 Å². The fourth-order valence-electron chi connectivity index (χ4n) is 2.43. The summed E-state index contributed by atoms with van der Waals surface area (Å²) in [5, 5.41) is 14.5. The van der Waals surface area contributed by atoms with E-state index >= 15 is 0 Å². The third-order valence-electron chi connectivity index (χ3n) is 3.52. The molecule has 1 aliphatic heterocycles. The fraction of sp³-hybridized carbons (Fsp3) is 0.333. The largest absolute Gasteiger partial charge is 0.480 e. The Labute approximate surface area is 122 Å². The summed E-state index contributed by atoms with van der Waals surface area (Å²) in [5.41, 5.74) is -1.75. The quantitative estimate of drug-likeness (QED) is 0.838. The van der Waals surface area contributed by atoms with E-state index in [4.69, 9.17) is 0 Å². The lowest BCUT2D eigenvalue weighted by atomic mass is 9.77. The van der Waals surface area contributed by atoms with Gasteiger partial charge in [0.25, 0.3) is 5.91 Å². The van der Waals surface area contributed by atoms with Gasteiger partial charge in [0.15, 0.2) is 5.78 Å². The third kappa shape index (κ3) is 2.12. The Hall–Kier alpha value is -2.50. The number of benzene rings is 1. The molecule has 21 heavy (non-hydrogen) atoms. The molecule has 0 aromatic heterocycles. The highest BCUT2D eigenvalue weighted by atomic mass is 16.4. The monoisotopic (exact) mass is 288 g/mol. The molecule has 1 N–H and O–H groups in total. The molecule has 6 heteroatoms. The van der Waals surface area contributed by atoms with Gasteiger partial charge in [-0.05, 0) is 25.5 Å². The second-order valence-corrected chi connectivity index (χ2v) is 4.87. The molecule has 1 unspecified atom stereocenters. The Bertz CT molecular complexity index is 624. The molecular weight excluding hydrogens is 272 g/mol. The molecule has 0 fully saturated rings. The van der Waals surface area contributed by atoms with E-state index in [9.17, 15) is 19.5 Å². The smallest absolute Gasteiger partial charge is 0.333 e. The van der Waals surface area contributed by atoms with Crippen molar-refractivity contribution in [1.29, 1.82) is 0 Å². The Morgan fingerprint density at radius 2 is 1.90 bits per heavy atom. The fourth-order valence-corrected chi connectivity index (χ4v) is 2.43. The highest BCUT2D eigenvalue weighted by Gasteiger charge is 2.60. The first-order valence-electron chi connectivity index (χ1n) is 6.68. The highest BCUT2D eigenvalue weighted by molar-refractivity contribution is 6.42. The summed E-state index contributed by atoms with van der Waals surface area (Å²) in [5.74, 6) is -2.91. The lowest BCUT2D eigenvalue weighted by Crippen LogP contribution is -2.51. The molecule has 2 rings (SSSR count). The van der Waals surface area contributed by atoms with Crippen molar-refractivity contribution in [3.8, 4) is 0 Å². The molecule has 110 valence electrons. The minimum absolute atomic E-state index is 0.00213. The van der Waals surface area contributed by atoms with Gasteiger partial charge >= 0.3 is 5.97 Å². The maximum atomic E-state index is 12.6. The second-order valence-electron chi connectivity index (χ2n) is 4.87. The van der Waals surface area contributed by atoms with Crippen LogP contribution >= 0.6 is 0 Å². The van der Waals surface area contributed by atoms with Crippen LogP contribution in [0, 0.1) is 5.41 Å². The number of para-hydroxylation sites is 1. The average Bonchev–Trinajstić information content (AvgIpc) is 2.72. The molecule has 1 atom stereocenters. The zero-order valence-electron chi connectivity index (χ0n) is 11.9. The van der Waals surface area contributed by atoms with Gasteiger partial charge in [-0.1, -0.05) is 25.1 Å². The summed E-state index contributed by atoms with van der Waals surface area (Å²) in [6.45, 7) is 3.16. The molecule has 0 saturated heterocycles. The second kappa shape index (κ2) is 5.47. The minimum atomic E-state index is -2.19. The number of rotatable bonds is 5. The van der Waals surface area contributed by atoms with Crippen molar-refractivity contribution in [2.75, 3.05) is 5.01 Å². The van der Waals surface area contributed by atoms with Gasteiger partial charge in [-0.2, -0.15) is 10.1 Å². The average molecular weight is 288 g/mol. The molecule has 0 spiro atoms. The van der Waals surface area contributed by atoms with Crippen LogP contribution in [0.2, 0.25) is 0 Å². The number of ketones is 1. The standard InChI is InChI=1S/C15H16N2O4/c1-3-7-12(18)15(14(20)21)10(2)16-17(13(15)19)11-8-5-4-6-9-11/h4-6,8-9H,3,7H2,1-2H3,(H,20,21). The van der Waals surface area contributed by atoms with Crippen molar-refractivity contribution in [3.63, 3.8) is 0 Å². The van der Waals surface area contributed by atoms with Crippen LogP contribution in [-0.4, -0.2) is 28.5 Å². The van der Waals surface area contributed by atoms with Crippen LogP contribution in [0.15, 0.2) is 35.4 Å². The number of aliphatic carboxylic acids is 1. The van der Waals surface area contributed by atoms with Gasteiger partial charge in [0.1, 0.15) is 0 Å². The Morgan fingerprint density at radius 3 is 2.43 bits per heavy atom. The van der Waals surface area contributed by atoms with Crippen molar-refractivity contribution < 1.29 is 19.5 Å². The lowest BCUT2D eigenvalue weighted by Gasteiger charge is -2.22. The molecule has 1 aliphatic rings. The van der Waals surface area contributed by atoms with Crippen molar-refractivity contribution in [2.24, 2.45) is 10.5 Å². The lowest BCUT2D eigenvalue weighted by molar-refractivity contribution is -0.154. The molecule has 0 saturated carbocycles. The van der Waals surface area contributed by atoms with Crippen LogP contribution in [0.5, 0.6) is 0 Å². The summed E-state index contributed by atoms with van der Waals surface area (Å²) in [6.07, 6.45) is 0.493. The van der Waals surface area contributed by atoms with E-state index in [0.717, 1.165) is 5.01 Å². The van der Waals surface area contributed by atoms with E-state index in [2.05, 4.69) is 5.10 Å². The molecule has 1 heterocycles. The number of hydrogen-bond donors (Lipinski definition) is 1. The van der Waals surface area contributed by atoms with Crippen molar-refractivity contribution in [1.82, 2.24) is 0 Å². The van der Waals surface area contributed by atoms with E-state index in [0.29, 0.717) is 12.1 Å². The van der Waals surface area contributed by atoms with Crippen LogP contribution in [0.3, 0.4) is 0 Å². The molecule has 6 nitrogen and oxygen atoms in total. The zero-order valence-corrected chi connectivity index (χ0v) is 11.9. The predicted octanol–water partition coefficient (Wildman–Crippen LogP) is 1.85. The van der Waals surface area contributed by atoms with Crippen LogP contribution in [0.1, 0.15) is 26.7 Å². The Kier molecular flexibility index (Phi) is 3.88. The van der Waals surface area contributed by atoms with Crippen LogP contribution in [0.4, 0.5) is 5.69 Å². The van der Waals surface area contributed by atoms with Gasteiger partial charge in [-0.25, -0.2) is 0 Å². The normalized spacial score (nSPS) is 21.3. The Balaban J connectivity index is 2.51. The number of amides is 1. The summed E-state index contributed by atoms with van der Waals surface area (Å²) < 4.78 is 0. The number of Topliss-reactive ketones (excluding diaryl/α,β-unsaturated/α-hetero) is 1. The van der Waals surface area contributed by atoms with E-state index < -0.39 is 23.1 Å². The van der Waals surface area contributed by atoms with E-state index in [1.54, 1.807) is 37.3 Å². The maximum absolute atomic E-state index is 12.6. The molecule has 1 aromatic rings. The van der Waals surface area contributed by atoms with Gasteiger partial charge < -0.3 is 5.11 Å². The summed E-state index contributed by atoms with van der Waals surface area (Å²) in [6, 6.07) is 8.46. The Morgan fingerprint density at radius 1 is 1.29 bits per heavy atom. The third-order valence-corrected chi connectivity index (χ3v) is 3.52. The molecule has 0 radical (unpaired) electrons.